The van der Waals surface area contributed by atoms with Crippen molar-refractivity contribution in [3.05, 3.63) is 30.1 Å². The number of nitrogens with zero attached hydrogens (tertiary/aromatic N) is 2. The Balaban J connectivity index is 1.86. The molecule has 3 rings (SSSR count). The Morgan fingerprint density at radius 1 is 1.53 bits per heavy atom. The molecule has 0 atom stereocenters. The largest absolute Gasteiger partial charge is 0.352 e. The lowest BCUT2D eigenvalue weighted by Gasteiger charge is -2.05. The van der Waals surface area contributed by atoms with Gasteiger partial charge in [-0.25, -0.2) is 4.98 Å². The lowest BCUT2D eigenvalue weighted by atomic mass is 10.2. The highest BCUT2D eigenvalue weighted by atomic mass is 16.2. The molecule has 0 aliphatic heterocycles. The summed E-state index contributed by atoms with van der Waals surface area (Å²) in [5, 5.41) is 7.26. The van der Waals surface area contributed by atoms with Gasteiger partial charge in [-0.05, 0) is 37.6 Å². The van der Waals surface area contributed by atoms with Crippen LogP contribution in [0.1, 0.15) is 18.4 Å². The monoisotopic (exact) mass is 258 g/mol. The van der Waals surface area contributed by atoms with Crippen LogP contribution in [0.15, 0.2) is 24.5 Å². The van der Waals surface area contributed by atoms with Gasteiger partial charge in [-0.15, -0.1) is 0 Å². The van der Waals surface area contributed by atoms with E-state index < -0.39 is 0 Å². The van der Waals surface area contributed by atoms with Crippen molar-refractivity contribution >= 4 is 16.9 Å². The molecule has 0 bridgehead atoms. The summed E-state index contributed by atoms with van der Waals surface area (Å²) in [5.74, 6) is 0.0704. The Bertz CT molecular complexity index is 601. The molecule has 1 aliphatic rings. The summed E-state index contributed by atoms with van der Waals surface area (Å²) in [6.45, 7) is 1.12. The Morgan fingerprint density at radius 2 is 2.37 bits per heavy atom. The molecule has 1 aliphatic carbocycles. The molecule has 2 aromatic rings. The third-order valence-electron chi connectivity index (χ3n) is 3.34. The van der Waals surface area contributed by atoms with Crippen molar-refractivity contribution in [2.45, 2.75) is 32.0 Å². The van der Waals surface area contributed by atoms with Crippen LogP contribution in [0.3, 0.4) is 0 Å². The summed E-state index contributed by atoms with van der Waals surface area (Å²) in [6.07, 6.45) is 6.00. The Morgan fingerprint density at radius 3 is 3.11 bits per heavy atom. The zero-order valence-corrected chi connectivity index (χ0v) is 11.0. The van der Waals surface area contributed by atoms with Crippen LogP contribution in [0, 0.1) is 0 Å². The number of carbonyl (C=O) groups excluding carboxylic acids is 1. The molecule has 0 aromatic carbocycles. The van der Waals surface area contributed by atoms with Crippen molar-refractivity contribution in [2.75, 3.05) is 7.05 Å². The molecule has 1 fully saturated rings. The van der Waals surface area contributed by atoms with Gasteiger partial charge >= 0.3 is 0 Å². The Labute approximate surface area is 112 Å². The third kappa shape index (κ3) is 2.61. The number of fused-ring (bicyclic) bond motifs is 1. The second kappa shape index (κ2) is 5.01. The molecule has 0 radical (unpaired) electrons. The first-order chi connectivity index (χ1) is 9.28. The molecule has 2 aromatic heterocycles. The minimum Gasteiger partial charge on any atom is -0.352 e. The first-order valence-corrected chi connectivity index (χ1v) is 6.64. The van der Waals surface area contributed by atoms with Crippen LogP contribution < -0.4 is 10.6 Å². The van der Waals surface area contributed by atoms with Crippen molar-refractivity contribution in [3.8, 4) is 0 Å². The molecule has 0 saturated heterocycles. The van der Waals surface area contributed by atoms with E-state index in [0.29, 0.717) is 12.6 Å². The highest BCUT2D eigenvalue weighted by molar-refractivity contribution is 5.83. The van der Waals surface area contributed by atoms with Crippen LogP contribution in [0.5, 0.6) is 0 Å². The van der Waals surface area contributed by atoms with Crippen molar-refractivity contribution in [3.63, 3.8) is 0 Å². The van der Waals surface area contributed by atoms with E-state index in [-0.39, 0.29) is 5.91 Å². The molecule has 5 nitrogen and oxygen atoms in total. The lowest BCUT2D eigenvalue weighted by molar-refractivity contribution is -0.121. The van der Waals surface area contributed by atoms with E-state index in [2.05, 4.69) is 15.6 Å². The van der Waals surface area contributed by atoms with E-state index in [1.807, 2.05) is 29.9 Å². The predicted molar refractivity (Wildman–Crippen MR) is 73.7 cm³/mol. The third-order valence-corrected chi connectivity index (χ3v) is 3.34. The summed E-state index contributed by atoms with van der Waals surface area (Å²) in [6, 6.07) is 4.37. The maximum absolute atomic E-state index is 11.9. The summed E-state index contributed by atoms with van der Waals surface area (Å²) < 4.78 is 1.93. The Hall–Kier alpha value is -1.88. The number of nitrogens with one attached hydrogen (secondary N) is 2. The van der Waals surface area contributed by atoms with Crippen LogP contribution in [-0.2, 0) is 17.9 Å². The van der Waals surface area contributed by atoms with Gasteiger partial charge in [0.25, 0.3) is 0 Å². The van der Waals surface area contributed by atoms with Crippen LogP contribution in [-0.4, -0.2) is 28.5 Å². The molecular formula is C14H18N4O. The number of rotatable bonds is 5. The maximum atomic E-state index is 11.9. The van der Waals surface area contributed by atoms with E-state index >= 15 is 0 Å². The fourth-order valence-electron chi connectivity index (χ4n) is 2.30. The molecular weight excluding hydrogens is 240 g/mol. The van der Waals surface area contributed by atoms with E-state index in [1.54, 1.807) is 6.20 Å². The van der Waals surface area contributed by atoms with Gasteiger partial charge in [0.2, 0.25) is 5.91 Å². The van der Waals surface area contributed by atoms with Gasteiger partial charge in [0, 0.05) is 30.4 Å². The standard InChI is InChI=1S/C14H18N4O/c1-15-7-10-8-18(9-13(19)17-11-4-5-11)14-12(10)3-2-6-16-14/h2-3,6,8,11,15H,4-5,7,9H2,1H3,(H,17,19). The zero-order valence-electron chi connectivity index (χ0n) is 11.0. The minimum atomic E-state index is 0.0704. The van der Waals surface area contributed by atoms with Crippen molar-refractivity contribution in [1.82, 2.24) is 20.2 Å². The van der Waals surface area contributed by atoms with Gasteiger partial charge in [0.05, 0.1) is 0 Å². The van der Waals surface area contributed by atoms with Crippen molar-refractivity contribution in [1.29, 1.82) is 0 Å². The molecule has 19 heavy (non-hydrogen) atoms. The molecule has 2 heterocycles. The van der Waals surface area contributed by atoms with E-state index in [0.717, 1.165) is 30.4 Å². The van der Waals surface area contributed by atoms with Crippen LogP contribution in [0.25, 0.3) is 11.0 Å². The Kier molecular flexibility index (Phi) is 3.21. The highest BCUT2D eigenvalue weighted by Crippen LogP contribution is 2.20. The summed E-state index contributed by atoms with van der Waals surface area (Å²) in [5.41, 5.74) is 2.04. The van der Waals surface area contributed by atoms with Crippen molar-refractivity contribution in [2.24, 2.45) is 0 Å². The molecule has 0 unspecified atom stereocenters. The summed E-state index contributed by atoms with van der Waals surface area (Å²) >= 11 is 0. The summed E-state index contributed by atoms with van der Waals surface area (Å²) in [7, 11) is 1.92. The van der Waals surface area contributed by atoms with Crippen LogP contribution in [0.2, 0.25) is 0 Å². The van der Waals surface area contributed by atoms with E-state index in [1.165, 1.54) is 5.56 Å². The van der Waals surface area contributed by atoms with Crippen LogP contribution in [0.4, 0.5) is 0 Å². The van der Waals surface area contributed by atoms with Gasteiger partial charge in [-0.1, -0.05) is 0 Å². The first kappa shape index (κ1) is 12.2. The minimum absolute atomic E-state index is 0.0704. The number of aromatic nitrogens is 2. The second-order valence-corrected chi connectivity index (χ2v) is 5.03. The van der Waals surface area contributed by atoms with Gasteiger partial charge in [0.1, 0.15) is 12.2 Å². The molecule has 0 spiro atoms. The number of amides is 1. The number of hydrogen-bond acceptors (Lipinski definition) is 3. The molecule has 5 heteroatoms. The SMILES string of the molecule is CNCc1cn(CC(=O)NC2CC2)c2ncccc12. The molecule has 1 saturated carbocycles. The number of carbonyl (C=O) groups is 1. The highest BCUT2D eigenvalue weighted by Gasteiger charge is 2.23. The van der Waals surface area contributed by atoms with Crippen molar-refractivity contribution < 1.29 is 4.79 Å². The first-order valence-electron chi connectivity index (χ1n) is 6.64. The second-order valence-electron chi connectivity index (χ2n) is 5.03. The molecule has 100 valence electrons. The van der Waals surface area contributed by atoms with Gasteiger partial charge in [-0.2, -0.15) is 0 Å². The van der Waals surface area contributed by atoms with Gasteiger partial charge < -0.3 is 15.2 Å². The average molecular weight is 258 g/mol. The van der Waals surface area contributed by atoms with E-state index in [4.69, 9.17) is 0 Å². The van der Waals surface area contributed by atoms with Gasteiger partial charge in [-0.3, -0.25) is 4.79 Å². The molecule has 2 N–H and O–H groups in total. The smallest absolute Gasteiger partial charge is 0.240 e. The fraction of sp³-hybridized carbons (Fsp3) is 0.429. The van der Waals surface area contributed by atoms with E-state index in [9.17, 15) is 4.79 Å². The lowest BCUT2D eigenvalue weighted by Crippen LogP contribution is -2.29. The maximum Gasteiger partial charge on any atom is 0.240 e. The summed E-state index contributed by atoms with van der Waals surface area (Å²) in [4.78, 5) is 16.3. The topological polar surface area (TPSA) is 59.0 Å². The normalized spacial score (nSPS) is 14.8. The predicted octanol–water partition coefficient (Wildman–Crippen LogP) is 1.03. The van der Waals surface area contributed by atoms with Crippen LogP contribution >= 0.6 is 0 Å². The zero-order chi connectivity index (χ0) is 13.2. The fourth-order valence-corrected chi connectivity index (χ4v) is 2.30. The molecule has 1 amide bonds. The van der Waals surface area contributed by atoms with Gasteiger partial charge in [0.15, 0.2) is 0 Å². The number of pyridine rings is 1. The average Bonchev–Trinajstić information content (AvgIpc) is 3.15. The number of hydrogen-bond donors (Lipinski definition) is 2. The quantitative estimate of drug-likeness (QED) is 0.842.